The van der Waals surface area contributed by atoms with E-state index < -0.39 is 0 Å². The fraction of sp³-hybridized carbons (Fsp3) is 0.625. The molecule has 0 aromatic heterocycles. The zero-order chi connectivity index (χ0) is 14.8. The molecule has 2 nitrogen and oxygen atoms in total. The van der Waals surface area contributed by atoms with Crippen LogP contribution in [0.15, 0.2) is 24.3 Å². The van der Waals surface area contributed by atoms with Crippen molar-refractivity contribution in [3.63, 3.8) is 0 Å². The monoisotopic (exact) mass is 292 g/mol. The van der Waals surface area contributed by atoms with E-state index in [1.54, 1.807) is 0 Å². The summed E-state index contributed by atoms with van der Waals surface area (Å²) in [5.74, 6) is 2.21. The molecular formula is C16H25BO2S. The lowest BCUT2D eigenvalue weighted by molar-refractivity contribution is 0.00578. The third-order valence-electron chi connectivity index (χ3n) is 4.17. The van der Waals surface area contributed by atoms with E-state index in [2.05, 4.69) is 58.9 Å². The molecule has 1 aromatic carbocycles. The average Bonchev–Trinajstić information content (AvgIpc) is 2.59. The van der Waals surface area contributed by atoms with Crippen LogP contribution in [0.5, 0.6) is 0 Å². The molecule has 20 heavy (non-hydrogen) atoms. The molecule has 1 aliphatic rings. The highest BCUT2D eigenvalue weighted by Crippen LogP contribution is 2.36. The summed E-state index contributed by atoms with van der Waals surface area (Å²) in [5.41, 5.74) is 1.95. The Bertz CT molecular complexity index is 444. The first kappa shape index (κ1) is 15.9. The van der Waals surface area contributed by atoms with Gasteiger partial charge in [-0.25, -0.2) is 0 Å². The molecule has 0 spiro atoms. The van der Waals surface area contributed by atoms with Crippen LogP contribution in [0, 0.1) is 0 Å². The Labute approximate surface area is 127 Å². The molecule has 1 fully saturated rings. The van der Waals surface area contributed by atoms with Crippen LogP contribution in [0.3, 0.4) is 0 Å². The highest BCUT2D eigenvalue weighted by molar-refractivity contribution is 7.98. The molecule has 0 N–H and O–H groups in total. The van der Waals surface area contributed by atoms with Gasteiger partial charge in [0.1, 0.15) is 0 Å². The second-order valence-corrected chi connectivity index (χ2v) is 7.44. The van der Waals surface area contributed by atoms with E-state index in [-0.39, 0.29) is 18.3 Å². The van der Waals surface area contributed by atoms with Gasteiger partial charge in [0.2, 0.25) is 0 Å². The number of thioether (sulfide) groups is 1. The van der Waals surface area contributed by atoms with Crippen molar-refractivity contribution in [2.75, 3.05) is 5.75 Å². The second-order valence-electron chi connectivity index (χ2n) is 6.34. The van der Waals surface area contributed by atoms with E-state index in [1.165, 1.54) is 23.2 Å². The van der Waals surface area contributed by atoms with Gasteiger partial charge in [0.05, 0.1) is 11.2 Å². The van der Waals surface area contributed by atoms with E-state index in [0.29, 0.717) is 0 Å². The first-order valence-electron chi connectivity index (χ1n) is 7.38. The number of hydrogen-bond acceptors (Lipinski definition) is 3. The minimum Gasteiger partial charge on any atom is -0.399 e. The maximum Gasteiger partial charge on any atom is 0.495 e. The van der Waals surface area contributed by atoms with E-state index in [0.717, 1.165) is 5.75 Å². The average molecular weight is 292 g/mol. The van der Waals surface area contributed by atoms with Crippen molar-refractivity contribution in [1.82, 2.24) is 0 Å². The van der Waals surface area contributed by atoms with Gasteiger partial charge in [0, 0.05) is 5.75 Å². The standard InChI is InChI=1S/C16H25BO2S/c1-6-11-20-12-13-9-7-8-10-14(13)17-18-15(2,3)16(4,5)19-17/h7-10H,6,11-12H2,1-5H3. The van der Waals surface area contributed by atoms with Crippen LogP contribution >= 0.6 is 11.8 Å². The number of benzene rings is 1. The summed E-state index contributed by atoms with van der Waals surface area (Å²) in [4.78, 5) is 0. The van der Waals surface area contributed by atoms with Crippen molar-refractivity contribution in [3.05, 3.63) is 29.8 Å². The molecule has 0 radical (unpaired) electrons. The molecule has 1 aliphatic heterocycles. The van der Waals surface area contributed by atoms with Gasteiger partial charge in [0.25, 0.3) is 0 Å². The molecule has 2 rings (SSSR count). The predicted molar refractivity (Wildman–Crippen MR) is 88.6 cm³/mol. The molecule has 1 heterocycles. The van der Waals surface area contributed by atoms with Crippen LogP contribution in [0.2, 0.25) is 0 Å². The summed E-state index contributed by atoms with van der Waals surface area (Å²) in [7, 11) is -0.251. The van der Waals surface area contributed by atoms with Gasteiger partial charge in [-0.05, 0) is 50.9 Å². The van der Waals surface area contributed by atoms with Crippen molar-refractivity contribution in [2.45, 2.75) is 58.0 Å². The van der Waals surface area contributed by atoms with Crippen molar-refractivity contribution in [3.8, 4) is 0 Å². The highest BCUT2D eigenvalue weighted by atomic mass is 32.2. The minimum absolute atomic E-state index is 0.251. The zero-order valence-electron chi connectivity index (χ0n) is 13.2. The molecule has 0 amide bonds. The molecule has 0 bridgehead atoms. The molecular weight excluding hydrogens is 267 g/mol. The number of hydrogen-bond donors (Lipinski definition) is 0. The first-order chi connectivity index (χ1) is 9.37. The van der Waals surface area contributed by atoms with Gasteiger partial charge >= 0.3 is 7.12 Å². The van der Waals surface area contributed by atoms with E-state index in [9.17, 15) is 0 Å². The van der Waals surface area contributed by atoms with E-state index in [1.807, 2.05) is 11.8 Å². The summed E-state index contributed by atoms with van der Waals surface area (Å²) in [6.45, 7) is 10.6. The van der Waals surface area contributed by atoms with Gasteiger partial charge in [0.15, 0.2) is 0 Å². The SMILES string of the molecule is CCCSCc1ccccc1B1OC(C)(C)C(C)(C)O1. The molecule has 0 atom stereocenters. The fourth-order valence-corrected chi connectivity index (χ4v) is 3.11. The lowest BCUT2D eigenvalue weighted by Crippen LogP contribution is -2.41. The Hall–Kier alpha value is -0.445. The minimum atomic E-state index is -0.276. The van der Waals surface area contributed by atoms with E-state index in [4.69, 9.17) is 9.31 Å². The van der Waals surface area contributed by atoms with Crippen LogP contribution < -0.4 is 5.46 Å². The third-order valence-corrected chi connectivity index (χ3v) is 5.38. The Morgan fingerprint density at radius 1 is 1.05 bits per heavy atom. The Kier molecular flexibility index (Phi) is 4.88. The number of rotatable bonds is 5. The molecule has 0 saturated carbocycles. The maximum absolute atomic E-state index is 6.17. The van der Waals surface area contributed by atoms with Gasteiger partial charge in [-0.3, -0.25) is 0 Å². The smallest absolute Gasteiger partial charge is 0.399 e. The highest BCUT2D eigenvalue weighted by Gasteiger charge is 2.52. The van der Waals surface area contributed by atoms with Crippen LogP contribution in [0.25, 0.3) is 0 Å². The van der Waals surface area contributed by atoms with E-state index >= 15 is 0 Å². The Morgan fingerprint density at radius 2 is 1.65 bits per heavy atom. The predicted octanol–water partition coefficient (Wildman–Crippen LogP) is 3.63. The molecule has 0 aliphatic carbocycles. The topological polar surface area (TPSA) is 18.5 Å². The van der Waals surface area contributed by atoms with Crippen molar-refractivity contribution >= 4 is 24.3 Å². The third kappa shape index (κ3) is 3.24. The van der Waals surface area contributed by atoms with Gasteiger partial charge in [-0.1, -0.05) is 31.2 Å². The van der Waals surface area contributed by atoms with Crippen molar-refractivity contribution in [2.24, 2.45) is 0 Å². The summed E-state index contributed by atoms with van der Waals surface area (Å²) < 4.78 is 12.3. The molecule has 1 saturated heterocycles. The summed E-state index contributed by atoms with van der Waals surface area (Å²) in [6.07, 6.45) is 1.21. The lowest BCUT2D eigenvalue weighted by Gasteiger charge is -2.32. The molecule has 4 heteroatoms. The van der Waals surface area contributed by atoms with Gasteiger partial charge in [-0.2, -0.15) is 11.8 Å². The quantitative estimate of drug-likeness (QED) is 0.610. The summed E-state index contributed by atoms with van der Waals surface area (Å²) in [6, 6.07) is 8.47. The largest absolute Gasteiger partial charge is 0.495 e. The molecule has 110 valence electrons. The Balaban J connectivity index is 2.17. The van der Waals surface area contributed by atoms with Crippen LogP contribution in [-0.2, 0) is 15.1 Å². The van der Waals surface area contributed by atoms with Gasteiger partial charge in [-0.15, -0.1) is 0 Å². The zero-order valence-corrected chi connectivity index (χ0v) is 14.0. The maximum atomic E-state index is 6.17. The second kappa shape index (κ2) is 6.12. The van der Waals surface area contributed by atoms with Crippen LogP contribution in [0.4, 0.5) is 0 Å². The Morgan fingerprint density at radius 3 is 2.25 bits per heavy atom. The van der Waals surface area contributed by atoms with Crippen LogP contribution in [0.1, 0.15) is 46.6 Å². The fourth-order valence-electron chi connectivity index (χ4n) is 2.19. The first-order valence-corrected chi connectivity index (χ1v) is 8.54. The van der Waals surface area contributed by atoms with Gasteiger partial charge < -0.3 is 9.31 Å². The van der Waals surface area contributed by atoms with Crippen molar-refractivity contribution < 1.29 is 9.31 Å². The molecule has 1 aromatic rings. The van der Waals surface area contributed by atoms with Crippen molar-refractivity contribution in [1.29, 1.82) is 0 Å². The van der Waals surface area contributed by atoms with Crippen LogP contribution in [-0.4, -0.2) is 24.1 Å². The normalized spacial score (nSPS) is 20.4. The summed E-state index contributed by atoms with van der Waals surface area (Å²) >= 11 is 1.97. The summed E-state index contributed by atoms with van der Waals surface area (Å²) in [5, 5.41) is 0. The molecule has 0 unspecified atom stereocenters. The lowest BCUT2D eigenvalue weighted by atomic mass is 9.76.